The molecule has 0 spiro atoms. The summed E-state index contributed by atoms with van der Waals surface area (Å²) in [5.74, 6) is -1.90. The van der Waals surface area contributed by atoms with Crippen molar-refractivity contribution in [2.24, 2.45) is 0 Å². The Morgan fingerprint density at radius 3 is 2.59 bits per heavy atom. The van der Waals surface area contributed by atoms with Gasteiger partial charge >= 0.3 is 6.09 Å². The minimum Gasteiger partial charge on any atom is -0.443 e. The van der Waals surface area contributed by atoms with Gasteiger partial charge in [-0.3, -0.25) is 4.90 Å². The van der Waals surface area contributed by atoms with E-state index in [-0.39, 0.29) is 17.7 Å². The SMILES string of the molecule is CC(C)(C)OC(=O)N1c2c(Br)cc(F)c(F)c2CCC1c1ccccc1Cl. The first-order valence-electron chi connectivity index (χ1n) is 8.53. The number of nitrogens with zero attached hydrogens (tertiary/aromatic N) is 1. The van der Waals surface area contributed by atoms with E-state index in [1.54, 1.807) is 32.9 Å². The second kappa shape index (κ2) is 7.40. The molecule has 0 N–H and O–H groups in total. The molecule has 1 atom stereocenters. The third-order valence-electron chi connectivity index (χ3n) is 4.31. The number of halogens is 4. The summed E-state index contributed by atoms with van der Waals surface area (Å²) in [7, 11) is 0. The van der Waals surface area contributed by atoms with Crippen LogP contribution in [-0.4, -0.2) is 11.7 Å². The van der Waals surface area contributed by atoms with Gasteiger partial charge in [0.2, 0.25) is 0 Å². The van der Waals surface area contributed by atoms with Crippen LogP contribution in [0.2, 0.25) is 5.02 Å². The largest absolute Gasteiger partial charge is 0.443 e. The Morgan fingerprint density at radius 1 is 1.30 bits per heavy atom. The molecule has 0 bridgehead atoms. The summed E-state index contributed by atoms with van der Waals surface area (Å²) in [6.07, 6.45) is 0.0234. The fourth-order valence-electron chi connectivity index (χ4n) is 3.26. The quantitative estimate of drug-likeness (QED) is 0.439. The third kappa shape index (κ3) is 3.97. The van der Waals surface area contributed by atoms with E-state index in [0.29, 0.717) is 15.9 Å². The lowest BCUT2D eigenvalue weighted by Gasteiger charge is -2.39. The van der Waals surface area contributed by atoms with Gasteiger partial charge in [-0.1, -0.05) is 29.8 Å². The van der Waals surface area contributed by atoms with Crippen molar-refractivity contribution >= 4 is 39.3 Å². The molecule has 1 aliphatic rings. The highest BCUT2D eigenvalue weighted by atomic mass is 79.9. The minimum atomic E-state index is -0.957. The third-order valence-corrected chi connectivity index (χ3v) is 5.26. The summed E-state index contributed by atoms with van der Waals surface area (Å²) < 4.78 is 34.2. The van der Waals surface area contributed by atoms with Crippen molar-refractivity contribution in [2.45, 2.75) is 45.3 Å². The molecule has 0 saturated carbocycles. The van der Waals surface area contributed by atoms with Gasteiger partial charge in [0.25, 0.3) is 0 Å². The van der Waals surface area contributed by atoms with Crippen LogP contribution in [0.3, 0.4) is 0 Å². The molecule has 2 aromatic rings. The number of carbonyl (C=O) groups excluding carboxylic acids is 1. The summed E-state index contributed by atoms with van der Waals surface area (Å²) in [6, 6.07) is 7.75. The molecule has 7 heteroatoms. The molecule has 0 radical (unpaired) electrons. The average Bonchev–Trinajstić information content (AvgIpc) is 2.57. The van der Waals surface area contributed by atoms with E-state index in [0.717, 1.165) is 11.6 Å². The van der Waals surface area contributed by atoms with Crippen molar-refractivity contribution < 1.29 is 18.3 Å². The Labute approximate surface area is 170 Å². The lowest BCUT2D eigenvalue weighted by atomic mass is 9.91. The second-order valence-electron chi connectivity index (χ2n) is 7.41. The molecule has 1 amide bonds. The van der Waals surface area contributed by atoms with Gasteiger partial charge in [0, 0.05) is 15.1 Å². The van der Waals surface area contributed by atoms with Crippen molar-refractivity contribution in [3.05, 3.63) is 62.6 Å². The van der Waals surface area contributed by atoms with E-state index in [1.165, 1.54) is 4.90 Å². The highest BCUT2D eigenvalue weighted by Gasteiger charge is 2.39. The van der Waals surface area contributed by atoms with Crippen molar-refractivity contribution in [3.8, 4) is 0 Å². The average molecular weight is 459 g/mol. The summed E-state index contributed by atoms with van der Waals surface area (Å²) in [4.78, 5) is 14.4. The number of anilines is 1. The zero-order chi connectivity index (χ0) is 19.9. The number of amides is 1. The molecule has 1 unspecified atom stereocenters. The molecule has 2 aromatic carbocycles. The number of hydrogen-bond acceptors (Lipinski definition) is 2. The first kappa shape index (κ1) is 20.1. The molecule has 1 heterocycles. The topological polar surface area (TPSA) is 29.5 Å². The molecular formula is C20H19BrClF2NO2. The maximum Gasteiger partial charge on any atom is 0.415 e. The van der Waals surface area contributed by atoms with Gasteiger partial charge < -0.3 is 4.74 Å². The lowest BCUT2D eigenvalue weighted by Crippen LogP contribution is -2.42. The van der Waals surface area contributed by atoms with Crippen LogP contribution in [0.1, 0.15) is 44.4 Å². The van der Waals surface area contributed by atoms with Gasteiger partial charge in [0.1, 0.15) is 5.60 Å². The van der Waals surface area contributed by atoms with Crippen LogP contribution in [-0.2, 0) is 11.2 Å². The number of hydrogen-bond donors (Lipinski definition) is 0. The van der Waals surface area contributed by atoms with Gasteiger partial charge in [-0.05, 0) is 67.2 Å². The second-order valence-corrected chi connectivity index (χ2v) is 8.67. The summed E-state index contributed by atoms with van der Waals surface area (Å²) in [5.41, 5.74) is 0.410. The van der Waals surface area contributed by atoms with E-state index >= 15 is 0 Å². The molecule has 0 fully saturated rings. The van der Waals surface area contributed by atoms with Gasteiger partial charge in [-0.15, -0.1) is 0 Å². The smallest absolute Gasteiger partial charge is 0.415 e. The van der Waals surface area contributed by atoms with Crippen LogP contribution in [0, 0.1) is 11.6 Å². The Balaban J connectivity index is 2.18. The fraction of sp³-hybridized carbons (Fsp3) is 0.350. The first-order valence-corrected chi connectivity index (χ1v) is 9.70. The van der Waals surface area contributed by atoms with Crippen molar-refractivity contribution in [1.82, 2.24) is 0 Å². The molecular weight excluding hydrogens is 440 g/mol. The maximum atomic E-state index is 14.4. The van der Waals surface area contributed by atoms with E-state index < -0.39 is 29.4 Å². The predicted molar refractivity (Wildman–Crippen MR) is 105 cm³/mol. The van der Waals surface area contributed by atoms with E-state index in [1.807, 2.05) is 12.1 Å². The zero-order valence-electron chi connectivity index (χ0n) is 15.2. The van der Waals surface area contributed by atoms with Crippen LogP contribution >= 0.6 is 27.5 Å². The monoisotopic (exact) mass is 457 g/mol. The number of carbonyl (C=O) groups is 1. The molecule has 3 rings (SSSR count). The molecule has 144 valence electrons. The zero-order valence-corrected chi connectivity index (χ0v) is 17.5. The van der Waals surface area contributed by atoms with E-state index in [9.17, 15) is 13.6 Å². The predicted octanol–water partition coefficient (Wildman–Crippen LogP) is 6.81. The van der Waals surface area contributed by atoms with Crippen molar-refractivity contribution in [1.29, 1.82) is 0 Å². The van der Waals surface area contributed by atoms with E-state index in [4.69, 9.17) is 16.3 Å². The normalized spacial score (nSPS) is 16.9. The van der Waals surface area contributed by atoms with Crippen molar-refractivity contribution in [2.75, 3.05) is 4.90 Å². The van der Waals surface area contributed by atoms with Gasteiger partial charge in [0.15, 0.2) is 11.6 Å². The fourth-order valence-corrected chi connectivity index (χ4v) is 4.15. The van der Waals surface area contributed by atoms with E-state index in [2.05, 4.69) is 15.9 Å². The van der Waals surface area contributed by atoms with Crippen LogP contribution in [0.15, 0.2) is 34.8 Å². The minimum absolute atomic E-state index is 0.149. The maximum absolute atomic E-state index is 14.4. The summed E-state index contributed by atoms with van der Waals surface area (Å²) in [5, 5.41) is 0.498. The standard InChI is InChI=1S/C20H19BrClF2NO2/c1-20(2,3)27-19(26)25-16(11-6-4-5-7-14(11)22)9-8-12-17(24)15(23)10-13(21)18(12)25/h4-7,10,16H,8-9H2,1-3H3. The van der Waals surface area contributed by atoms with Gasteiger partial charge in [-0.2, -0.15) is 0 Å². The molecule has 27 heavy (non-hydrogen) atoms. The number of rotatable bonds is 1. The Morgan fingerprint density at radius 2 is 1.96 bits per heavy atom. The summed E-state index contributed by atoms with van der Waals surface area (Å²) in [6.45, 7) is 5.25. The Kier molecular flexibility index (Phi) is 5.50. The molecule has 1 aliphatic heterocycles. The van der Waals surface area contributed by atoms with Crippen LogP contribution in [0.4, 0.5) is 19.3 Å². The Bertz CT molecular complexity index is 898. The highest BCUT2D eigenvalue weighted by Crippen LogP contribution is 2.46. The molecule has 0 saturated heterocycles. The van der Waals surface area contributed by atoms with Crippen LogP contribution < -0.4 is 4.90 Å². The van der Waals surface area contributed by atoms with Crippen molar-refractivity contribution in [3.63, 3.8) is 0 Å². The van der Waals surface area contributed by atoms with Gasteiger partial charge in [0.05, 0.1) is 11.7 Å². The van der Waals surface area contributed by atoms with Crippen LogP contribution in [0.5, 0.6) is 0 Å². The Hall–Kier alpha value is -1.66. The van der Waals surface area contributed by atoms with Crippen LogP contribution in [0.25, 0.3) is 0 Å². The number of ether oxygens (including phenoxy) is 1. The number of fused-ring (bicyclic) bond motifs is 1. The summed E-state index contributed by atoms with van der Waals surface area (Å²) >= 11 is 9.64. The number of benzene rings is 2. The molecule has 0 aromatic heterocycles. The first-order chi connectivity index (χ1) is 12.6. The molecule has 3 nitrogen and oxygen atoms in total. The van der Waals surface area contributed by atoms with Gasteiger partial charge in [-0.25, -0.2) is 13.6 Å². The molecule has 0 aliphatic carbocycles. The lowest BCUT2D eigenvalue weighted by molar-refractivity contribution is 0.0559. The highest BCUT2D eigenvalue weighted by molar-refractivity contribution is 9.10.